The summed E-state index contributed by atoms with van der Waals surface area (Å²) in [4.78, 5) is 12.3. The van der Waals surface area contributed by atoms with Crippen molar-refractivity contribution in [1.29, 1.82) is 0 Å². The predicted molar refractivity (Wildman–Crippen MR) is 84.3 cm³/mol. The Morgan fingerprint density at radius 3 is 2.70 bits per heavy atom. The number of carbonyl (C=O) groups excluding carboxylic acids is 1. The molecule has 120 valence electrons. The van der Waals surface area contributed by atoms with Gasteiger partial charge in [-0.05, 0) is 29.8 Å². The van der Waals surface area contributed by atoms with Crippen molar-refractivity contribution in [2.75, 3.05) is 13.3 Å². The van der Waals surface area contributed by atoms with Crippen LogP contribution in [0.25, 0.3) is 0 Å². The van der Waals surface area contributed by atoms with E-state index in [1.165, 1.54) is 6.07 Å². The highest BCUT2D eigenvalue weighted by atomic mass is 19.1. The molecule has 2 aromatic carbocycles. The molecular weight excluding hydrogens is 297 g/mol. The minimum absolute atomic E-state index is 0.167. The Balaban J connectivity index is 1.70. The van der Waals surface area contributed by atoms with Crippen LogP contribution in [-0.2, 0) is 5.41 Å². The third-order valence-electron chi connectivity index (χ3n) is 3.93. The SMILES string of the molecule is CC(C)(CNC(=O)c1ccc2c(c1)OCO2)c1ccccc1F. The molecule has 4 nitrogen and oxygen atoms in total. The van der Waals surface area contributed by atoms with E-state index in [0.717, 1.165) is 0 Å². The molecule has 1 aliphatic rings. The van der Waals surface area contributed by atoms with Gasteiger partial charge in [0.2, 0.25) is 6.79 Å². The molecule has 1 amide bonds. The van der Waals surface area contributed by atoms with E-state index >= 15 is 0 Å². The first-order valence-electron chi connectivity index (χ1n) is 7.40. The summed E-state index contributed by atoms with van der Waals surface area (Å²) in [6.07, 6.45) is 0. The van der Waals surface area contributed by atoms with Crippen molar-refractivity contribution in [2.24, 2.45) is 0 Å². The van der Waals surface area contributed by atoms with Gasteiger partial charge in [-0.2, -0.15) is 0 Å². The zero-order valence-electron chi connectivity index (χ0n) is 13.1. The van der Waals surface area contributed by atoms with Gasteiger partial charge in [-0.3, -0.25) is 4.79 Å². The molecule has 1 aliphatic heterocycles. The third-order valence-corrected chi connectivity index (χ3v) is 3.93. The van der Waals surface area contributed by atoms with Gasteiger partial charge >= 0.3 is 0 Å². The van der Waals surface area contributed by atoms with Crippen molar-refractivity contribution in [3.63, 3.8) is 0 Å². The van der Waals surface area contributed by atoms with Crippen LogP contribution in [0.2, 0.25) is 0 Å². The molecule has 23 heavy (non-hydrogen) atoms. The molecule has 0 aliphatic carbocycles. The lowest BCUT2D eigenvalue weighted by Gasteiger charge is -2.26. The molecule has 0 bridgehead atoms. The Morgan fingerprint density at radius 2 is 1.91 bits per heavy atom. The van der Waals surface area contributed by atoms with Crippen molar-refractivity contribution < 1.29 is 18.7 Å². The number of halogens is 1. The van der Waals surface area contributed by atoms with Gasteiger partial charge in [0.25, 0.3) is 5.91 Å². The average molecular weight is 315 g/mol. The lowest BCUT2D eigenvalue weighted by Crippen LogP contribution is -2.37. The first-order valence-corrected chi connectivity index (χ1v) is 7.40. The first-order chi connectivity index (χ1) is 11.0. The molecule has 0 spiro atoms. The molecule has 0 unspecified atom stereocenters. The molecule has 1 heterocycles. The standard InChI is InChI=1S/C18H18FNO3/c1-18(2,13-5-3-4-6-14(13)19)10-20-17(21)12-7-8-15-16(9-12)23-11-22-15/h3-9H,10-11H2,1-2H3,(H,20,21). The molecule has 2 aromatic rings. The summed E-state index contributed by atoms with van der Waals surface area (Å²) in [6.45, 7) is 4.28. The Labute approximate surface area is 134 Å². The summed E-state index contributed by atoms with van der Waals surface area (Å²) in [7, 11) is 0. The van der Waals surface area contributed by atoms with E-state index in [2.05, 4.69) is 5.32 Å². The van der Waals surface area contributed by atoms with Crippen molar-refractivity contribution in [2.45, 2.75) is 19.3 Å². The van der Waals surface area contributed by atoms with Crippen LogP contribution in [0.15, 0.2) is 42.5 Å². The van der Waals surface area contributed by atoms with Gasteiger partial charge < -0.3 is 14.8 Å². The van der Waals surface area contributed by atoms with Gasteiger partial charge in [0.05, 0.1) is 0 Å². The number of hydrogen-bond donors (Lipinski definition) is 1. The topological polar surface area (TPSA) is 47.6 Å². The third kappa shape index (κ3) is 3.13. The number of amides is 1. The molecule has 0 aromatic heterocycles. The Bertz CT molecular complexity index is 743. The summed E-state index contributed by atoms with van der Waals surface area (Å²) >= 11 is 0. The lowest BCUT2D eigenvalue weighted by molar-refractivity contribution is 0.0945. The molecular formula is C18H18FNO3. The Morgan fingerprint density at radius 1 is 1.17 bits per heavy atom. The Kier molecular flexibility index (Phi) is 3.94. The van der Waals surface area contributed by atoms with Crippen LogP contribution in [0.1, 0.15) is 29.8 Å². The molecule has 0 radical (unpaired) electrons. The zero-order chi connectivity index (χ0) is 16.4. The summed E-state index contributed by atoms with van der Waals surface area (Å²) in [5.74, 6) is 0.696. The van der Waals surface area contributed by atoms with Crippen molar-refractivity contribution in [1.82, 2.24) is 5.32 Å². The van der Waals surface area contributed by atoms with Gasteiger partial charge in [-0.15, -0.1) is 0 Å². The second-order valence-corrected chi connectivity index (χ2v) is 6.11. The van der Waals surface area contributed by atoms with Gasteiger partial charge in [-0.25, -0.2) is 4.39 Å². The van der Waals surface area contributed by atoms with Crippen LogP contribution in [0.3, 0.4) is 0 Å². The average Bonchev–Trinajstić information content (AvgIpc) is 3.00. The number of fused-ring (bicyclic) bond motifs is 1. The summed E-state index contributed by atoms with van der Waals surface area (Å²) < 4.78 is 24.4. The molecule has 1 N–H and O–H groups in total. The first kappa shape index (κ1) is 15.3. The molecule has 0 fully saturated rings. The molecule has 0 saturated carbocycles. The maximum Gasteiger partial charge on any atom is 0.251 e. The summed E-state index contributed by atoms with van der Waals surface area (Å²) in [5.41, 5.74) is 0.543. The van der Waals surface area contributed by atoms with Gasteiger partial charge in [0.15, 0.2) is 11.5 Å². The van der Waals surface area contributed by atoms with Gasteiger partial charge in [-0.1, -0.05) is 32.0 Å². The van der Waals surface area contributed by atoms with Crippen LogP contribution < -0.4 is 14.8 Å². The quantitative estimate of drug-likeness (QED) is 0.942. The summed E-state index contributed by atoms with van der Waals surface area (Å²) in [6, 6.07) is 11.6. The number of rotatable bonds is 4. The number of nitrogens with one attached hydrogen (secondary N) is 1. The largest absolute Gasteiger partial charge is 0.454 e. The maximum absolute atomic E-state index is 13.9. The maximum atomic E-state index is 13.9. The highest BCUT2D eigenvalue weighted by molar-refractivity contribution is 5.95. The molecule has 0 atom stereocenters. The van der Waals surface area contributed by atoms with E-state index in [4.69, 9.17) is 9.47 Å². The van der Waals surface area contributed by atoms with Gasteiger partial charge in [0.1, 0.15) is 5.82 Å². The van der Waals surface area contributed by atoms with Crippen LogP contribution in [0.5, 0.6) is 11.5 Å². The van der Waals surface area contributed by atoms with Crippen LogP contribution in [0.4, 0.5) is 4.39 Å². The highest BCUT2D eigenvalue weighted by Crippen LogP contribution is 2.32. The van der Waals surface area contributed by atoms with E-state index in [9.17, 15) is 9.18 Å². The van der Waals surface area contributed by atoms with Crippen molar-refractivity contribution >= 4 is 5.91 Å². The van der Waals surface area contributed by atoms with Gasteiger partial charge in [0, 0.05) is 17.5 Å². The normalized spacial score (nSPS) is 13.0. The van der Waals surface area contributed by atoms with Crippen LogP contribution in [0, 0.1) is 5.82 Å². The van der Waals surface area contributed by atoms with E-state index in [0.29, 0.717) is 29.2 Å². The molecule has 5 heteroatoms. The fraction of sp³-hybridized carbons (Fsp3) is 0.278. The number of carbonyl (C=O) groups is 1. The molecule has 0 saturated heterocycles. The highest BCUT2D eigenvalue weighted by Gasteiger charge is 2.25. The second kappa shape index (κ2) is 5.91. The second-order valence-electron chi connectivity index (χ2n) is 6.11. The van der Waals surface area contributed by atoms with Crippen LogP contribution in [-0.4, -0.2) is 19.2 Å². The van der Waals surface area contributed by atoms with Crippen LogP contribution >= 0.6 is 0 Å². The monoisotopic (exact) mass is 315 g/mol. The summed E-state index contributed by atoms with van der Waals surface area (Å²) in [5, 5.41) is 2.85. The van der Waals surface area contributed by atoms with Crippen molar-refractivity contribution in [3.8, 4) is 11.5 Å². The Hall–Kier alpha value is -2.56. The minimum Gasteiger partial charge on any atom is -0.454 e. The van der Waals surface area contributed by atoms with E-state index in [-0.39, 0.29) is 18.5 Å². The fourth-order valence-corrected chi connectivity index (χ4v) is 2.55. The fourth-order valence-electron chi connectivity index (χ4n) is 2.55. The van der Waals surface area contributed by atoms with E-state index < -0.39 is 5.41 Å². The van der Waals surface area contributed by atoms with E-state index in [1.807, 2.05) is 13.8 Å². The number of benzene rings is 2. The number of hydrogen-bond acceptors (Lipinski definition) is 3. The number of ether oxygens (including phenoxy) is 2. The van der Waals surface area contributed by atoms with E-state index in [1.54, 1.807) is 36.4 Å². The minimum atomic E-state index is -0.517. The zero-order valence-corrected chi connectivity index (χ0v) is 13.1. The lowest BCUT2D eigenvalue weighted by atomic mass is 9.84. The van der Waals surface area contributed by atoms with Crippen molar-refractivity contribution in [3.05, 3.63) is 59.4 Å². The smallest absolute Gasteiger partial charge is 0.251 e. The molecule has 3 rings (SSSR count). The predicted octanol–water partition coefficient (Wildman–Crippen LogP) is 3.26.